The highest BCUT2D eigenvalue weighted by molar-refractivity contribution is 7.80. The van der Waals surface area contributed by atoms with Crippen LogP contribution in [0.2, 0.25) is 10.0 Å². The van der Waals surface area contributed by atoms with Crippen molar-refractivity contribution in [2.45, 2.75) is 6.61 Å². The Morgan fingerprint density at radius 3 is 2.60 bits per heavy atom. The SMILES string of the molecule is NC(=S)c1c(Cl)cccc1OCc1cccc(F)c1Cl. The summed E-state index contributed by atoms with van der Waals surface area (Å²) in [6.07, 6.45) is 0. The van der Waals surface area contributed by atoms with E-state index in [1.165, 1.54) is 6.07 Å². The molecule has 0 aliphatic rings. The van der Waals surface area contributed by atoms with Crippen LogP contribution in [0.25, 0.3) is 0 Å². The lowest BCUT2D eigenvalue weighted by Crippen LogP contribution is -2.12. The summed E-state index contributed by atoms with van der Waals surface area (Å²) in [6.45, 7) is 0.0898. The normalized spacial score (nSPS) is 10.3. The molecule has 0 bridgehead atoms. The number of thiocarbonyl (C=S) groups is 1. The lowest BCUT2D eigenvalue weighted by molar-refractivity contribution is 0.305. The Labute approximate surface area is 131 Å². The fraction of sp³-hybridized carbons (Fsp3) is 0.0714. The summed E-state index contributed by atoms with van der Waals surface area (Å²) in [4.78, 5) is 0.135. The van der Waals surface area contributed by atoms with Gasteiger partial charge in [0.05, 0.1) is 15.6 Å². The molecule has 2 aromatic carbocycles. The van der Waals surface area contributed by atoms with E-state index in [0.717, 1.165) is 0 Å². The summed E-state index contributed by atoms with van der Waals surface area (Å²) in [7, 11) is 0. The van der Waals surface area contributed by atoms with Gasteiger partial charge in [0.1, 0.15) is 23.2 Å². The fourth-order valence-electron chi connectivity index (χ4n) is 1.68. The first-order chi connectivity index (χ1) is 9.50. The molecule has 0 radical (unpaired) electrons. The second-order valence-corrected chi connectivity index (χ2v) is 5.20. The minimum Gasteiger partial charge on any atom is -0.488 e. The first kappa shape index (κ1) is 15.0. The highest BCUT2D eigenvalue weighted by atomic mass is 35.5. The molecule has 0 heterocycles. The van der Waals surface area contributed by atoms with Crippen LogP contribution in [0.1, 0.15) is 11.1 Å². The molecule has 2 nitrogen and oxygen atoms in total. The third-order valence-electron chi connectivity index (χ3n) is 2.64. The van der Waals surface area contributed by atoms with E-state index in [-0.39, 0.29) is 16.6 Å². The second-order valence-electron chi connectivity index (χ2n) is 3.98. The molecule has 2 N–H and O–H groups in total. The third kappa shape index (κ3) is 3.20. The van der Waals surface area contributed by atoms with Crippen LogP contribution >= 0.6 is 35.4 Å². The van der Waals surface area contributed by atoms with Crippen molar-refractivity contribution < 1.29 is 9.13 Å². The molecule has 2 rings (SSSR count). The maximum absolute atomic E-state index is 13.3. The highest BCUT2D eigenvalue weighted by Crippen LogP contribution is 2.28. The van der Waals surface area contributed by atoms with Crippen LogP contribution in [0.15, 0.2) is 36.4 Å². The van der Waals surface area contributed by atoms with Crippen molar-refractivity contribution in [3.05, 3.63) is 63.4 Å². The molecule has 6 heteroatoms. The Morgan fingerprint density at radius 2 is 1.90 bits per heavy atom. The van der Waals surface area contributed by atoms with Gasteiger partial charge in [0.2, 0.25) is 0 Å². The molecule has 0 atom stereocenters. The van der Waals surface area contributed by atoms with Gasteiger partial charge in [-0.2, -0.15) is 0 Å². The molecule has 0 unspecified atom stereocenters. The Balaban J connectivity index is 2.26. The summed E-state index contributed by atoms with van der Waals surface area (Å²) >= 11 is 16.8. The van der Waals surface area contributed by atoms with Gasteiger partial charge >= 0.3 is 0 Å². The fourth-order valence-corrected chi connectivity index (χ4v) is 2.39. The zero-order valence-corrected chi connectivity index (χ0v) is 12.5. The van der Waals surface area contributed by atoms with Gasteiger partial charge in [0.25, 0.3) is 0 Å². The Bertz CT molecular complexity index is 664. The van der Waals surface area contributed by atoms with E-state index in [4.69, 9.17) is 45.9 Å². The van der Waals surface area contributed by atoms with Gasteiger partial charge < -0.3 is 10.5 Å². The maximum atomic E-state index is 13.3. The van der Waals surface area contributed by atoms with Crippen molar-refractivity contribution >= 4 is 40.4 Å². The number of halogens is 3. The predicted molar refractivity (Wildman–Crippen MR) is 83.1 cm³/mol. The van der Waals surface area contributed by atoms with Crippen molar-refractivity contribution in [3.63, 3.8) is 0 Å². The zero-order valence-electron chi connectivity index (χ0n) is 10.2. The van der Waals surface area contributed by atoms with Gasteiger partial charge in [0.15, 0.2) is 0 Å². The standard InChI is InChI=1S/C14H10Cl2FNOS/c15-9-4-2-6-11(12(9)14(18)20)19-7-8-3-1-5-10(17)13(8)16/h1-6H,7H2,(H2,18,20). The molecule has 2 aromatic rings. The monoisotopic (exact) mass is 329 g/mol. The smallest absolute Gasteiger partial charge is 0.142 e. The number of hydrogen-bond donors (Lipinski definition) is 1. The molecule has 0 amide bonds. The van der Waals surface area contributed by atoms with E-state index in [1.54, 1.807) is 30.3 Å². The average molecular weight is 330 g/mol. The average Bonchev–Trinajstić information content (AvgIpc) is 2.40. The lowest BCUT2D eigenvalue weighted by Gasteiger charge is -2.12. The van der Waals surface area contributed by atoms with Crippen molar-refractivity contribution in [2.24, 2.45) is 5.73 Å². The summed E-state index contributed by atoms with van der Waals surface area (Å²) in [6, 6.07) is 9.59. The summed E-state index contributed by atoms with van der Waals surface area (Å²) < 4.78 is 18.9. The number of rotatable bonds is 4. The van der Waals surface area contributed by atoms with Crippen LogP contribution in [0.4, 0.5) is 4.39 Å². The van der Waals surface area contributed by atoms with E-state index >= 15 is 0 Å². The predicted octanol–water partition coefficient (Wildman–Crippen LogP) is 4.35. The first-order valence-corrected chi connectivity index (χ1v) is 6.81. The van der Waals surface area contributed by atoms with Crippen LogP contribution < -0.4 is 10.5 Å². The van der Waals surface area contributed by atoms with Crippen molar-refractivity contribution in [3.8, 4) is 5.75 Å². The van der Waals surface area contributed by atoms with Gasteiger partial charge in [-0.05, 0) is 18.2 Å². The first-order valence-electron chi connectivity index (χ1n) is 5.64. The van der Waals surface area contributed by atoms with Gasteiger partial charge in [-0.15, -0.1) is 0 Å². The zero-order chi connectivity index (χ0) is 14.7. The third-order valence-corrected chi connectivity index (χ3v) is 3.58. The van der Waals surface area contributed by atoms with Crippen LogP contribution in [-0.4, -0.2) is 4.99 Å². The molecule has 0 saturated heterocycles. The molecule has 104 valence electrons. The molecular formula is C14H10Cl2FNOS. The highest BCUT2D eigenvalue weighted by Gasteiger charge is 2.12. The van der Waals surface area contributed by atoms with Crippen LogP contribution in [0, 0.1) is 5.82 Å². The molecule has 0 spiro atoms. The Morgan fingerprint density at radius 1 is 1.20 bits per heavy atom. The number of benzene rings is 2. The van der Waals surface area contributed by atoms with E-state index < -0.39 is 5.82 Å². The van der Waals surface area contributed by atoms with E-state index in [0.29, 0.717) is 21.9 Å². The molecule has 0 fully saturated rings. The summed E-state index contributed by atoms with van der Waals surface area (Å²) in [5.74, 6) is -0.0567. The second kappa shape index (κ2) is 6.39. The van der Waals surface area contributed by atoms with Gasteiger partial charge in [-0.3, -0.25) is 0 Å². The largest absolute Gasteiger partial charge is 0.488 e. The van der Waals surface area contributed by atoms with Gasteiger partial charge in [-0.25, -0.2) is 4.39 Å². The Kier molecular flexibility index (Phi) is 4.81. The van der Waals surface area contributed by atoms with Crippen LogP contribution in [0.3, 0.4) is 0 Å². The molecule has 0 aliphatic carbocycles. The van der Waals surface area contributed by atoms with E-state index in [1.807, 2.05) is 0 Å². The molecular weight excluding hydrogens is 320 g/mol. The van der Waals surface area contributed by atoms with Crippen molar-refractivity contribution in [1.82, 2.24) is 0 Å². The molecule has 0 saturated carbocycles. The van der Waals surface area contributed by atoms with Crippen molar-refractivity contribution in [2.75, 3.05) is 0 Å². The van der Waals surface area contributed by atoms with Crippen molar-refractivity contribution in [1.29, 1.82) is 0 Å². The van der Waals surface area contributed by atoms with Crippen LogP contribution in [-0.2, 0) is 6.61 Å². The maximum Gasteiger partial charge on any atom is 0.142 e. The quantitative estimate of drug-likeness (QED) is 0.847. The minimum atomic E-state index is -0.492. The lowest BCUT2D eigenvalue weighted by atomic mass is 10.2. The van der Waals surface area contributed by atoms with Crippen LogP contribution in [0.5, 0.6) is 5.75 Å². The number of hydrogen-bond acceptors (Lipinski definition) is 2. The molecule has 20 heavy (non-hydrogen) atoms. The summed E-state index contributed by atoms with van der Waals surface area (Å²) in [5, 5.41) is 0.437. The molecule has 0 aromatic heterocycles. The number of ether oxygens (including phenoxy) is 1. The van der Waals surface area contributed by atoms with Gasteiger partial charge in [-0.1, -0.05) is 53.6 Å². The molecule has 0 aliphatic heterocycles. The van der Waals surface area contributed by atoms with E-state index in [2.05, 4.69) is 0 Å². The minimum absolute atomic E-state index is 0.0337. The van der Waals surface area contributed by atoms with Gasteiger partial charge in [0, 0.05) is 5.56 Å². The summed E-state index contributed by atoms with van der Waals surface area (Å²) in [5.41, 5.74) is 6.60. The topological polar surface area (TPSA) is 35.2 Å². The Hall–Kier alpha value is -1.36. The van der Waals surface area contributed by atoms with E-state index in [9.17, 15) is 4.39 Å². The number of nitrogens with two attached hydrogens (primary N) is 1.